The van der Waals surface area contributed by atoms with Gasteiger partial charge in [0.1, 0.15) is 5.82 Å². The van der Waals surface area contributed by atoms with Crippen molar-refractivity contribution in [2.75, 3.05) is 13.1 Å². The molecule has 0 aliphatic carbocycles. The molecule has 1 aromatic heterocycles. The standard InChI is InChI=1S/C16H25N3O2/c1-12(2)16-17-8-14(9-18-16)11-19-7-3-4-13(10-19)5-6-15(20)21/h8-9,12-13H,3-7,10-11H2,1-2H3,(H,20,21). The first kappa shape index (κ1) is 15.9. The van der Waals surface area contributed by atoms with Gasteiger partial charge in [0, 0.05) is 43.4 Å². The minimum absolute atomic E-state index is 0.282. The van der Waals surface area contributed by atoms with Crippen molar-refractivity contribution in [3.8, 4) is 0 Å². The summed E-state index contributed by atoms with van der Waals surface area (Å²) in [5, 5.41) is 8.79. The Kier molecular flexibility index (Phi) is 5.67. The van der Waals surface area contributed by atoms with Crippen molar-refractivity contribution in [3.05, 3.63) is 23.8 Å². The number of aliphatic carboxylic acids is 1. The molecule has 0 saturated carbocycles. The number of carbonyl (C=O) groups is 1. The van der Waals surface area contributed by atoms with Gasteiger partial charge in [-0.3, -0.25) is 9.69 Å². The quantitative estimate of drug-likeness (QED) is 0.873. The minimum atomic E-state index is -0.690. The number of piperidine rings is 1. The molecule has 2 heterocycles. The first-order valence-electron chi connectivity index (χ1n) is 7.79. The summed E-state index contributed by atoms with van der Waals surface area (Å²) in [6.07, 6.45) is 7.20. The lowest BCUT2D eigenvalue weighted by Crippen LogP contribution is -2.35. The van der Waals surface area contributed by atoms with Crippen LogP contribution in [0, 0.1) is 5.92 Å². The zero-order chi connectivity index (χ0) is 15.2. The maximum Gasteiger partial charge on any atom is 0.303 e. The van der Waals surface area contributed by atoms with E-state index in [1.54, 1.807) is 0 Å². The van der Waals surface area contributed by atoms with E-state index in [2.05, 4.69) is 28.7 Å². The Morgan fingerprint density at radius 1 is 1.43 bits per heavy atom. The first-order valence-corrected chi connectivity index (χ1v) is 7.79. The van der Waals surface area contributed by atoms with Crippen molar-refractivity contribution in [1.29, 1.82) is 0 Å². The Hall–Kier alpha value is -1.49. The average Bonchev–Trinajstić information content (AvgIpc) is 2.46. The van der Waals surface area contributed by atoms with Crippen LogP contribution >= 0.6 is 0 Å². The molecule has 5 heteroatoms. The van der Waals surface area contributed by atoms with Crippen LogP contribution in [-0.2, 0) is 11.3 Å². The molecule has 116 valence electrons. The molecule has 1 N–H and O–H groups in total. The highest BCUT2D eigenvalue weighted by atomic mass is 16.4. The summed E-state index contributed by atoms with van der Waals surface area (Å²) in [5.74, 6) is 1.06. The number of hydrogen-bond donors (Lipinski definition) is 1. The van der Waals surface area contributed by atoms with E-state index in [-0.39, 0.29) is 6.42 Å². The van der Waals surface area contributed by atoms with Crippen LogP contribution in [-0.4, -0.2) is 39.0 Å². The van der Waals surface area contributed by atoms with E-state index in [4.69, 9.17) is 5.11 Å². The zero-order valence-electron chi connectivity index (χ0n) is 13.0. The smallest absolute Gasteiger partial charge is 0.303 e. The third-order valence-corrected chi connectivity index (χ3v) is 4.02. The normalized spacial score (nSPS) is 19.9. The maximum atomic E-state index is 10.7. The summed E-state index contributed by atoms with van der Waals surface area (Å²) in [5.41, 5.74) is 1.14. The summed E-state index contributed by atoms with van der Waals surface area (Å²) >= 11 is 0. The predicted molar refractivity (Wildman–Crippen MR) is 81.0 cm³/mol. The fraction of sp³-hybridized carbons (Fsp3) is 0.688. The molecule has 1 unspecified atom stereocenters. The number of hydrogen-bond acceptors (Lipinski definition) is 4. The van der Waals surface area contributed by atoms with Crippen molar-refractivity contribution in [3.63, 3.8) is 0 Å². The number of carboxylic acid groups (broad SMARTS) is 1. The molecule has 1 atom stereocenters. The van der Waals surface area contributed by atoms with Crippen molar-refractivity contribution in [2.24, 2.45) is 5.92 Å². The second-order valence-electron chi connectivity index (χ2n) is 6.28. The minimum Gasteiger partial charge on any atom is -0.481 e. The van der Waals surface area contributed by atoms with Gasteiger partial charge in [0.2, 0.25) is 0 Å². The second kappa shape index (κ2) is 7.50. The van der Waals surface area contributed by atoms with Gasteiger partial charge in [-0.2, -0.15) is 0 Å². The van der Waals surface area contributed by atoms with Crippen molar-refractivity contribution in [1.82, 2.24) is 14.9 Å². The molecule has 21 heavy (non-hydrogen) atoms. The Balaban J connectivity index is 1.85. The maximum absolute atomic E-state index is 10.7. The molecule has 1 aromatic rings. The summed E-state index contributed by atoms with van der Waals surface area (Å²) < 4.78 is 0. The van der Waals surface area contributed by atoms with E-state index >= 15 is 0 Å². The number of likely N-dealkylation sites (tertiary alicyclic amines) is 1. The molecule has 1 saturated heterocycles. The molecular formula is C16H25N3O2. The summed E-state index contributed by atoms with van der Waals surface area (Å²) in [6.45, 7) is 7.11. The molecule has 1 aliphatic heterocycles. The van der Waals surface area contributed by atoms with E-state index in [0.29, 0.717) is 11.8 Å². The zero-order valence-corrected chi connectivity index (χ0v) is 13.0. The van der Waals surface area contributed by atoms with Gasteiger partial charge < -0.3 is 5.11 Å². The van der Waals surface area contributed by atoms with Crippen LogP contribution in [0.2, 0.25) is 0 Å². The molecular weight excluding hydrogens is 266 g/mol. The topological polar surface area (TPSA) is 66.3 Å². The van der Waals surface area contributed by atoms with E-state index < -0.39 is 5.97 Å². The van der Waals surface area contributed by atoms with E-state index in [1.165, 1.54) is 0 Å². The van der Waals surface area contributed by atoms with Gasteiger partial charge in [-0.25, -0.2) is 9.97 Å². The Morgan fingerprint density at radius 3 is 2.76 bits per heavy atom. The van der Waals surface area contributed by atoms with Crippen LogP contribution < -0.4 is 0 Å². The number of aromatic nitrogens is 2. The van der Waals surface area contributed by atoms with Gasteiger partial charge >= 0.3 is 5.97 Å². The highest BCUT2D eigenvalue weighted by Gasteiger charge is 2.20. The monoisotopic (exact) mass is 291 g/mol. The van der Waals surface area contributed by atoms with Crippen LogP contribution in [0.25, 0.3) is 0 Å². The van der Waals surface area contributed by atoms with Crippen LogP contribution in [0.5, 0.6) is 0 Å². The van der Waals surface area contributed by atoms with E-state index in [0.717, 1.165) is 50.3 Å². The SMILES string of the molecule is CC(C)c1ncc(CN2CCCC(CCC(=O)O)C2)cn1. The molecule has 0 amide bonds. The van der Waals surface area contributed by atoms with Gasteiger partial charge in [0.25, 0.3) is 0 Å². The lowest BCUT2D eigenvalue weighted by Gasteiger charge is -2.32. The average molecular weight is 291 g/mol. The van der Waals surface area contributed by atoms with Gasteiger partial charge in [-0.15, -0.1) is 0 Å². The number of carboxylic acids is 1. The van der Waals surface area contributed by atoms with Gasteiger partial charge in [-0.1, -0.05) is 13.8 Å². The molecule has 0 spiro atoms. The van der Waals surface area contributed by atoms with Crippen molar-refractivity contribution < 1.29 is 9.90 Å². The largest absolute Gasteiger partial charge is 0.481 e. The van der Waals surface area contributed by atoms with Crippen LogP contribution in [0.4, 0.5) is 0 Å². The highest BCUT2D eigenvalue weighted by molar-refractivity contribution is 5.66. The first-order chi connectivity index (χ1) is 10.0. The lowest BCUT2D eigenvalue weighted by atomic mass is 9.93. The molecule has 0 aromatic carbocycles. The summed E-state index contributed by atoms with van der Waals surface area (Å²) in [7, 11) is 0. The molecule has 1 fully saturated rings. The lowest BCUT2D eigenvalue weighted by molar-refractivity contribution is -0.137. The Bertz CT molecular complexity index is 459. The third kappa shape index (κ3) is 5.08. The molecule has 2 rings (SSSR count). The van der Waals surface area contributed by atoms with E-state index in [1.807, 2.05) is 12.4 Å². The summed E-state index contributed by atoms with van der Waals surface area (Å²) in [4.78, 5) is 21.9. The van der Waals surface area contributed by atoms with Crippen LogP contribution in [0.15, 0.2) is 12.4 Å². The number of rotatable bonds is 6. The van der Waals surface area contributed by atoms with Crippen LogP contribution in [0.3, 0.4) is 0 Å². The van der Waals surface area contributed by atoms with E-state index in [9.17, 15) is 4.79 Å². The van der Waals surface area contributed by atoms with Gasteiger partial charge in [0.05, 0.1) is 0 Å². The third-order valence-electron chi connectivity index (χ3n) is 4.02. The molecule has 0 bridgehead atoms. The molecule has 5 nitrogen and oxygen atoms in total. The highest BCUT2D eigenvalue weighted by Crippen LogP contribution is 2.22. The summed E-state index contributed by atoms with van der Waals surface area (Å²) in [6, 6.07) is 0. The van der Waals surface area contributed by atoms with Crippen molar-refractivity contribution >= 4 is 5.97 Å². The Morgan fingerprint density at radius 2 is 2.14 bits per heavy atom. The van der Waals surface area contributed by atoms with Crippen LogP contribution in [0.1, 0.15) is 56.8 Å². The molecule has 1 aliphatic rings. The van der Waals surface area contributed by atoms with Gasteiger partial charge in [-0.05, 0) is 31.7 Å². The number of nitrogens with zero attached hydrogens (tertiary/aromatic N) is 3. The fourth-order valence-electron chi connectivity index (χ4n) is 2.86. The second-order valence-corrected chi connectivity index (χ2v) is 6.28. The fourth-order valence-corrected chi connectivity index (χ4v) is 2.86. The Labute approximate surface area is 126 Å². The van der Waals surface area contributed by atoms with Crippen molar-refractivity contribution in [2.45, 2.75) is 52.0 Å². The molecule has 0 radical (unpaired) electrons. The predicted octanol–water partition coefficient (Wildman–Crippen LogP) is 2.68. The van der Waals surface area contributed by atoms with Gasteiger partial charge in [0.15, 0.2) is 0 Å².